The van der Waals surface area contributed by atoms with Gasteiger partial charge >= 0.3 is 12.1 Å². The van der Waals surface area contributed by atoms with Gasteiger partial charge in [-0.2, -0.15) is 13.2 Å². The van der Waals surface area contributed by atoms with Gasteiger partial charge in [0.05, 0.1) is 5.69 Å². The Labute approximate surface area is 171 Å². The Kier molecular flexibility index (Phi) is 5.48. The largest absolute Gasteiger partial charge is 0.471 e. The number of alkyl halides is 3. The third kappa shape index (κ3) is 4.17. The van der Waals surface area contributed by atoms with Gasteiger partial charge in [-0.3, -0.25) is 9.78 Å². The van der Waals surface area contributed by atoms with Crippen LogP contribution >= 0.6 is 0 Å². The number of hydrogen-bond donors (Lipinski definition) is 0. The highest BCUT2D eigenvalue weighted by molar-refractivity contribution is 5.82. The van der Waals surface area contributed by atoms with Crippen molar-refractivity contribution in [3.05, 3.63) is 66.7 Å². The summed E-state index contributed by atoms with van der Waals surface area (Å²) in [5.74, 6) is -1.61. The molecule has 1 saturated heterocycles. The Balaban J connectivity index is 1.75. The zero-order chi connectivity index (χ0) is 21.1. The van der Waals surface area contributed by atoms with Crippen molar-refractivity contribution in [1.29, 1.82) is 0 Å². The third-order valence-electron chi connectivity index (χ3n) is 5.18. The second kappa shape index (κ2) is 8.22. The lowest BCUT2D eigenvalue weighted by molar-refractivity contribution is -0.186. The lowest BCUT2D eigenvalue weighted by Gasteiger charge is -2.33. The lowest BCUT2D eigenvalue weighted by atomic mass is 9.90. The summed E-state index contributed by atoms with van der Waals surface area (Å²) < 4.78 is 38.9. The molecule has 2 aromatic heterocycles. The molecule has 0 radical (unpaired) electrons. The van der Waals surface area contributed by atoms with E-state index in [1.807, 2.05) is 42.5 Å². The summed E-state index contributed by atoms with van der Waals surface area (Å²) in [4.78, 5) is 25.9. The maximum Gasteiger partial charge on any atom is 0.471 e. The number of benzene rings is 1. The number of rotatable bonds is 3. The standard InChI is InChI=1S/C22H19F3N4O/c23-22(24,25)21(30)29-12-4-7-17(14-29)19-18(15-8-10-26-11-9-15)13-27-20(28-19)16-5-2-1-3-6-16/h1-3,5-6,8-11,13,17H,4,7,12,14H2/t17-/m1/s1. The molecule has 0 N–H and O–H groups in total. The molecule has 1 aromatic carbocycles. The van der Waals surface area contributed by atoms with Crippen molar-refractivity contribution in [3.63, 3.8) is 0 Å². The zero-order valence-electron chi connectivity index (χ0n) is 16.0. The van der Waals surface area contributed by atoms with E-state index in [0.29, 0.717) is 24.4 Å². The fourth-order valence-corrected chi connectivity index (χ4v) is 3.75. The van der Waals surface area contributed by atoms with Gasteiger partial charge in [0, 0.05) is 48.7 Å². The molecule has 0 aliphatic carbocycles. The highest BCUT2D eigenvalue weighted by Crippen LogP contribution is 2.35. The van der Waals surface area contributed by atoms with Crippen LogP contribution in [0, 0.1) is 0 Å². The average molecular weight is 412 g/mol. The van der Waals surface area contributed by atoms with E-state index in [1.54, 1.807) is 18.6 Å². The molecule has 154 valence electrons. The number of pyridine rings is 1. The van der Waals surface area contributed by atoms with Crippen LogP contribution in [-0.2, 0) is 4.79 Å². The second-order valence-electron chi connectivity index (χ2n) is 7.18. The van der Waals surface area contributed by atoms with Crippen molar-refractivity contribution in [3.8, 4) is 22.5 Å². The van der Waals surface area contributed by atoms with Crippen LogP contribution in [0.4, 0.5) is 13.2 Å². The molecule has 0 spiro atoms. The predicted octanol–water partition coefficient (Wildman–Crippen LogP) is 4.47. The lowest BCUT2D eigenvalue weighted by Crippen LogP contribution is -2.46. The minimum absolute atomic E-state index is 0.0261. The number of amides is 1. The third-order valence-corrected chi connectivity index (χ3v) is 5.18. The van der Waals surface area contributed by atoms with Gasteiger partial charge in [-0.15, -0.1) is 0 Å². The van der Waals surface area contributed by atoms with Gasteiger partial charge in [-0.05, 0) is 30.5 Å². The summed E-state index contributed by atoms with van der Waals surface area (Å²) in [7, 11) is 0. The van der Waals surface area contributed by atoms with E-state index in [0.717, 1.165) is 21.6 Å². The van der Waals surface area contributed by atoms with E-state index in [-0.39, 0.29) is 19.0 Å². The van der Waals surface area contributed by atoms with Gasteiger partial charge in [-0.25, -0.2) is 9.97 Å². The summed E-state index contributed by atoms with van der Waals surface area (Å²) in [5.41, 5.74) is 3.04. The number of piperidine rings is 1. The minimum atomic E-state index is -4.88. The molecule has 0 saturated carbocycles. The van der Waals surface area contributed by atoms with Crippen LogP contribution in [0.2, 0.25) is 0 Å². The van der Waals surface area contributed by atoms with Crippen molar-refractivity contribution in [2.75, 3.05) is 13.1 Å². The quantitative estimate of drug-likeness (QED) is 0.637. The highest BCUT2D eigenvalue weighted by atomic mass is 19.4. The number of carbonyl (C=O) groups is 1. The van der Waals surface area contributed by atoms with Crippen molar-refractivity contribution >= 4 is 5.91 Å². The van der Waals surface area contributed by atoms with E-state index >= 15 is 0 Å². The molecule has 1 fully saturated rings. The molecule has 1 aliphatic rings. The predicted molar refractivity (Wildman–Crippen MR) is 105 cm³/mol. The molecule has 5 nitrogen and oxygen atoms in total. The molecular weight excluding hydrogens is 393 g/mol. The van der Waals surface area contributed by atoms with Crippen molar-refractivity contribution in [1.82, 2.24) is 19.9 Å². The Bertz CT molecular complexity index is 1030. The number of carbonyl (C=O) groups excluding carboxylic acids is 1. The first kappa shape index (κ1) is 20.0. The first-order valence-corrected chi connectivity index (χ1v) is 9.62. The molecule has 3 aromatic rings. The molecule has 4 rings (SSSR count). The minimum Gasteiger partial charge on any atom is -0.334 e. The van der Waals surface area contributed by atoms with E-state index in [4.69, 9.17) is 4.98 Å². The number of halogens is 3. The summed E-state index contributed by atoms with van der Waals surface area (Å²) >= 11 is 0. The van der Waals surface area contributed by atoms with E-state index in [1.165, 1.54) is 0 Å². The SMILES string of the molecule is O=C(N1CCC[C@@H](c2nc(-c3ccccc3)ncc2-c2ccncc2)C1)C(F)(F)F. The number of nitrogens with zero attached hydrogens (tertiary/aromatic N) is 4. The zero-order valence-corrected chi connectivity index (χ0v) is 16.0. The highest BCUT2D eigenvalue weighted by Gasteiger charge is 2.44. The van der Waals surface area contributed by atoms with Gasteiger partial charge in [0.2, 0.25) is 0 Å². The van der Waals surface area contributed by atoms with Crippen molar-refractivity contribution in [2.45, 2.75) is 24.9 Å². The normalized spacial score (nSPS) is 17.0. The van der Waals surface area contributed by atoms with E-state index in [2.05, 4.69) is 9.97 Å². The van der Waals surface area contributed by atoms with E-state index in [9.17, 15) is 18.0 Å². The molecular formula is C22H19F3N4O. The van der Waals surface area contributed by atoms with Crippen LogP contribution in [0.3, 0.4) is 0 Å². The first-order valence-electron chi connectivity index (χ1n) is 9.62. The molecule has 1 amide bonds. The van der Waals surface area contributed by atoms with Gasteiger partial charge in [0.25, 0.3) is 0 Å². The van der Waals surface area contributed by atoms with Crippen LogP contribution in [0.5, 0.6) is 0 Å². The number of likely N-dealkylation sites (tertiary alicyclic amines) is 1. The van der Waals surface area contributed by atoms with Crippen LogP contribution in [0.15, 0.2) is 61.1 Å². The smallest absolute Gasteiger partial charge is 0.334 e. The molecule has 30 heavy (non-hydrogen) atoms. The summed E-state index contributed by atoms with van der Waals surface area (Å²) in [6.45, 7) is 0.0672. The van der Waals surface area contributed by atoms with Crippen LogP contribution in [-0.4, -0.2) is 45.0 Å². The fraction of sp³-hybridized carbons (Fsp3) is 0.273. The fourth-order valence-electron chi connectivity index (χ4n) is 3.75. The maximum absolute atomic E-state index is 13.0. The molecule has 8 heteroatoms. The second-order valence-corrected chi connectivity index (χ2v) is 7.18. The average Bonchev–Trinajstić information content (AvgIpc) is 2.79. The van der Waals surface area contributed by atoms with Crippen LogP contribution in [0.1, 0.15) is 24.5 Å². The van der Waals surface area contributed by atoms with Gasteiger partial charge in [-0.1, -0.05) is 30.3 Å². The Morgan fingerprint density at radius 1 is 1.03 bits per heavy atom. The summed E-state index contributed by atoms with van der Waals surface area (Å²) in [5, 5.41) is 0. The molecule has 0 bridgehead atoms. The Morgan fingerprint density at radius 3 is 2.47 bits per heavy atom. The van der Waals surface area contributed by atoms with Crippen LogP contribution < -0.4 is 0 Å². The van der Waals surface area contributed by atoms with Gasteiger partial charge in [0.15, 0.2) is 5.82 Å². The topological polar surface area (TPSA) is 59.0 Å². The molecule has 1 aliphatic heterocycles. The van der Waals surface area contributed by atoms with Gasteiger partial charge < -0.3 is 4.90 Å². The van der Waals surface area contributed by atoms with Crippen molar-refractivity contribution < 1.29 is 18.0 Å². The number of aromatic nitrogens is 3. The Hall–Kier alpha value is -3.29. The molecule has 1 atom stereocenters. The van der Waals surface area contributed by atoms with Gasteiger partial charge in [0.1, 0.15) is 0 Å². The molecule has 0 unspecified atom stereocenters. The van der Waals surface area contributed by atoms with Crippen LogP contribution in [0.25, 0.3) is 22.5 Å². The van der Waals surface area contributed by atoms with Crippen molar-refractivity contribution in [2.24, 2.45) is 0 Å². The summed E-state index contributed by atoms with van der Waals surface area (Å²) in [6.07, 6.45) is 1.23. The monoisotopic (exact) mass is 412 g/mol. The maximum atomic E-state index is 13.0. The summed E-state index contributed by atoms with van der Waals surface area (Å²) in [6, 6.07) is 13.0. The molecule has 3 heterocycles. The first-order chi connectivity index (χ1) is 14.4. The number of hydrogen-bond acceptors (Lipinski definition) is 4. The Morgan fingerprint density at radius 2 is 1.77 bits per heavy atom. The van der Waals surface area contributed by atoms with E-state index < -0.39 is 12.1 Å².